The van der Waals surface area contributed by atoms with Crippen LogP contribution in [-0.2, 0) is 6.42 Å². The van der Waals surface area contributed by atoms with E-state index in [-0.39, 0.29) is 5.78 Å². The van der Waals surface area contributed by atoms with Crippen molar-refractivity contribution in [3.63, 3.8) is 0 Å². The minimum atomic E-state index is 0.219. The highest BCUT2D eigenvalue weighted by Gasteiger charge is 2.24. The predicted octanol–water partition coefficient (Wildman–Crippen LogP) is 3.77. The molecule has 1 aliphatic carbocycles. The quantitative estimate of drug-likeness (QED) is 0.848. The molecule has 0 N–H and O–H groups in total. The van der Waals surface area contributed by atoms with Gasteiger partial charge in [0.1, 0.15) is 11.5 Å². The van der Waals surface area contributed by atoms with Gasteiger partial charge >= 0.3 is 0 Å². The number of ether oxygens (including phenoxy) is 2. The zero-order chi connectivity index (χ0) is 14.1. The Morgan fingerprint density at radius 3 is 2.55 bits per heavy atom. The molecule has 0 heterocycles. The second-order valence-electron chi connectivity index (χ2n) is 4.90. The van der Waals surface area contributed by atoms with E-state index in [0.717, 1.165) is 39.8 Å². The third-order valence-corrected chi connectivity index (χ3v) is 3.70. The Balaban J connectivity index is 2.24. The second-order valence-corrected chi connectivity index (χ2v) is 4.90. The third kappa shape index (κ3) is 2.03. The molecule has 0 spiro atoms. The van der Waals surface area contributed by atoms with Crippen LogP contribution in [-0.4, -0.2) is 19.0 Å². The summed E-state index contributed by atoms with van der Waals surface area (Å²) >= 11 is 0. The zero-order valence-corrected chi connectivity index (χ0v) is 11.9. The monoisotopic (exact) mass is 270 g/mol. The van der Waals surface area contributed by atoms with Crippen LogP contribution in [0, 0.1) is 0 Å². The first kappa shape index (κ1) is 13.0. The molecule has 0 atom stereocenters. The highest BCUT2D eigenvalue weighted by Crippen LogP contribution is 2.38. The van der Waals surface area contributed by atoms with Gasteiger partial charge in [-0.2, -0.15) is 0 Å². The Morgan fingerprint density at radius 1 is 1.00 bits per heavy atom. The normalized spacial score (nSPS) is 13.6. The molecule has 0 radical (unpaired) electrons. The molecule has 20 heavy (non-hydrogen) atoms. The lowest BCUT2D eigenvalue weighted by atomic mass is 9.99. The van der Waals surface area contributed by atoms with Gasteiger partial charge in [-0.25, -0.2) is 0 Å². The summed E-state index contributed by atoms with van der Waals surface area (Å²) in [5, 5.41) is 2.14. The van der Waals surface area contributed by atoms with Crippen LogP contribution < -0.4 is 9.47 Å². The highest BCUT2D eigenvalue weighted by molar-refractivity contribution is 6.07. The summed E-state index contributed by atoms with van der Waals surface area (Å²) in [6.45, 7) is 5.14. The average molecular weight is 270 g/mol. The number of carbonyl (C=O) groups excluding carboxylic acids is 1. The number of fused-ring (bicyclic) bond motifs is 3. The number of hydrogen-bond acceptors (Lipinski definition) is 3. The summed E-state index contributed by atoms with van der Waals surface area (Å²) in [6.07, 6.45) is 1.43. The van der Waals surface area contributed by atoms with Crippen LogP contribution in [0.4, 0.5) is 0 Å². The van der Waals surface area contributed by atoms with Crippen LogP contribution >= 0.6 is 0 Å². The summed E-state index contributed by atoms with van der Waals surface area (Å²) in [7, 11) is 0. The first-order chi connectivity index (χ1) is 9.74. The molecule has 3 rings (SSSR count). The maximum atomic E-state index is 12.0. The van der Waals surface area contributed by atoms with E-state index in [4.69, 9.17) is 9.47 Å². The van der Waals surface area contributed by atoms with Crippen LogP contribution in [0.15, 0.2) is 24.3 Å². The molecule has 3 heteroatoms. The van der Waals surface area contributed by atoms with Gasteiger partial charge in [0.05, 0.1) is 13.2 Å². The van der Waals surface area contributed by atoms with Crippen molar-refractivity contribution in [1.29, 1.82) is 0 Å². The van der Waals surface area contributed by atoms with Crippen LogP contribution in [0.3, 0.4) is 0 Å². The van der Waals surface area contributed by atoms with Crippen molar-refractivity contribution in [3.05, 3.63) is 35.4 Å². The Hall–Kier alpha value is -2.03. The van der Waals surface area contributed by atoms with Crippen molar-refractivity contribution in [1.82, 2.24) is 0 Å². The van der Waals surface area contributed by atoms with Crippen molar-refractivity contribution in [3.8, 4) is 11.5 Å². The molecule has 2 aromatic carbocycles. The number of Topliss-reactive ketones (excluding diaryl/α,β-unsaturated/α-hetero) is 1. The Morgan fingerprint density at radius 2 is 1.80 bits per heavy atom. The van der Waals surface area contributed by atoms with E-state index in [1.54, 1.807) is 0 Å². The molecule has 0 saturated heterocycles. The van der Waals surface area contributed by atoms with Crippen molar-refractivity contribution in [2.45, 2.75) is 26.7 Å². The molecule has 1 aliphatic rings. The fourth-order valence-corrected chi connectivity index (χ4v) is 2.85. The third-order valence-electron chi connectivity index (χ3n) is 3.70. The number of rotatable bonds is 4. The Bertz CT molecular complexity index is 673. The first-order valence-corrected chi connectivity index (χ1v) is 7.13. The van der Waals surface area contributed by atoms with Crippen LogP contribution in [0.25, 0.3) is 10.8 Å². The SMILES string of the molecule is CCOc1ccc2c3c(cc(OCC)c2c1)C(=O)CC3. The molecule has 0 saturated carbocycles. The second kappa shape index (κ2) is 5.16. The van der Waals surface area contributed by atoms with E-state index in [1.807, 2.05) is 38.1 Å². The standard InChI is InChI=1S/C17H18O3/c1-3-19-11-5-6-13-12-7-8-16(18)14(12)10-17(20-4-2)15(13)9-11/h5-6,9-10H,3-4,7-8H2,1-2H3. The Labute approximate surface area is 118 Å². The summed E-state index contributed by atoms with van der Waals surface area (Å²) in [5.74, 6) is 1.83. The highest BCUT2D eigenvalue weighted by atomic mass is 16.5. The van der Waals surface area contributed by atoms with E-state index in [1.165, 1.54) is 0 Å². The maximum absolute atomic E-state index is 12.0. The van der Waals surface area contributed by atoms with Crippen molar-refractivity contribution in [2.24, 2.45) is 0 Å². The molecule has 0 amide bonds. The van der Waals surface area contributed by atoms with Gasteiger partial charge < -0.3 is 9.47 Å². The summed E-state index contributed by atoms with van der Waals surface area (Å²) in [4.78, 5) is 12.0. The lowest BCUT2D eigenvalue weighted by Crippen LogP contribution is -1.98. The lowest BCUT2D eigenvalue weighted by Gasteiger charge is -2.13. The summed E-state index contributed by atoms with van der Waals surface area (Å²) in [5.41, 5.74) is 1.97. The van der Waals surface area contributed by atoms with Gasteiger partial charge in [-0.1, -0.05) is 6.07 Å². The van der Waals surface area contributed by atoms with Gasteiger partial charge in [0.2, 0.25) is 0 Å². The number of ketones is 1. The molecule has 0 unspecified atom stereocenters. The fourth-order valence-electron chi connectivity index (χ4n) is 2.85. The predicted molar refractivity (Wildman–Crippen MR) is 78.9 cm³/mol. The van der Waals surface area contributed by atoms with Gasteiger partial charge in [0.25, 0.3) is 0 Å². The van der Waals surface area contributed by atoms with Crippen LogP contribution in [0.5, 0.6) is 11.5 Å². The number of hydrogen-bond donors (Lipinski definition) is 0. The molecule has 104 valence electrons. The minimum absolute atomic E-state index is 0.219. The van der Waals surface area contributed by atoms with E-state index in [2.05, 4.69) is 0 Å². The minimum Gasteiger partial charge on any atom is -0.494 e. The van der Waals surface area contributed by atoms with Crippen molar-refractivity contribution < 1.29 is 14.3 Å². The molecular weight excluding hydrogens is 252 g/mol. The average Bonchev–Trinajstić information content (AvgIpc) is 2.81. The van der Waals surface area contributed by atoms with Crippen LogP contribution in [0.2, 0.25) is 0 Å². The van der Waals surface area contributed by atoms with E-state index >= 15 is 0 Å². The molecule has 2 aromatic rings. The summed E-state index contributed by atoms with van der Waals surface area (Å²) in [6, 6.07) is 7.91. The van der Waals surface area contributed by atoms with Gasteiger partial charge in [0.15, 0.2) is 5.78 Å². The molecule has 3 nitrogen and oxygen atoms in total. The van der Waals surface area contributed by atoms with Gasteiger partial charge in [0, 0.05) is 17.4 Å². The number of benzene rings is 2. The van der Waals surface area contributed by atoms with Gasteiger partial charge in [-0.05, 0) is 49.4 Å². The van der Waals surface area contributed by atoms with Gasteiger partial charge in [-0.15, -0.1) is 0 Å². The topological polar surface area (TPSA) is 35.5 Å². The van der Waals surface area contributed by atoms with E-state index in [9.17, 15) is 4.79 Å². The number of carbonyl (C=O) groups is 1. The lowest BCUT2D eigenvalue weighted by molar-refractivity contribution is 0.0994. The first-order valence-electron chi connectivity index (χ1n) is 7.13. The maximum Gasteiger partial charge on any atom is 0.163 e. The van der Waals surface area contributed by atoms with E-state index in [0.29, 0.717) is 19.6 Å². The molecule has 0 bridgehead atoms. The molecule has 0 aliphatic heterocycles. The smallest absolute Gasteiger partial charge is 0.163 e. The number of aryl methyl sites for hydroxylation is 1. The molecule has 0 aromatic heterocycles. The largest absolute Gasteiger partial charge is 0.494 e. The van der Waals surface area contributed by atoms with Crippen LogP contribution in [0.1, 0.15) is 36.2 Å². The summed E-state index contributed by atoms with van der Waals surface area (Å²) < 4.78 is 11.3. The molecule has 0 fully saturated rings. The zero-order valence-electron chi connectivity index (χ0n) is 11.9. The Kier molecular flexibility index (Phi) is 3.35. The fraction of sp³-hybridized carbons (Fsp3) is 0.353. The van der Waals surface area contributed by atoms with Crippen molar-refractivity contribution in [2.75, 3.05) is 13.2 Å². The molecular formula is C17H18O3. The van der Waals surface area contributed by atoms with Gasteiger partial charge in [-0.3, -0.25) is 4.79 Å². The van der Waals surface area contributed by atoms with E-state index < -0.39 is 0 Å². The van der Waals surface area contributed by atoms with Crippen molar-refractivity contribution >= 4 is 16.6 Å².